The van der Waals surface area contributed by atoms with Gasteiger partial charge >= 0.3 is 6.09 Å². The van der Waals surface area contributed by atoms with Crippen molar-refractivity contribution in [1.29, 1.82) is 0 Å². The summed E-state index contributed by atoms with van der Waals surface area (Å²) in [6.07, 6.45) is 0.405. The maximum atomic E-state index is 12.4. The van der Waals surface area contributed by atoms with Crippen molar-refractivity contribution in [2.75, 3.05) is 26.1 Å². The molecule has 0 radical (unpaired) electrons. The Morgan fingerprint density at radius 2 is 1.83 bits per heavy atom. The number of methoxy groups -OCH3 is 2. The van der Waals surface area contributed by atoms with Crippen molar-refractivity contribution in [2.45, 2.75) is 26.0 Å². The fourth-order valence-corrected chi connectivity index (χ4v) is 3.63. The van der Waals surface area contributed by atoms with Gasteiger partial charge in [-0.25, -0.2) is 4.79 Å². The number of para-hydroxylation sites is 1. The van der Waals surface area contributed by atoms with E-state index in [2.05, 4.69) is 10.4 Å². The van der Waals surface area contributed by atoms with E-state index >= 15 is 0 Å². The summed E-state index contributed by atoms with van der Waals surface area (Å²) in [6, 6.07) is 10.6. The second-order valence-corrected chi connectivity index (χ2v) is 7.46. The van der Waals surface area contributed by atoms with Gasteiger partial charge in [-0.05, 0) is 43.7 Å². The molecule has 0 saturated carbocycles. The molecule has 1 fully saturated rings. The lowest BCUT2D eigenvalue weighted by Crippen LogP contribution is -2.32. The van der Waals surface area contributed by atoms with Crippen molar-refractivity contribution >= 4 is 40.7 Å². The Hall–Kier alpha value is -2.64. The van der Waals surface area contributed by atoms with E-state index in [1.54, 1.807) is 37.4 Å². The standard InChI is InChI=1S/C21H23Cl2N3O4/c1-13(14-9-10-17(28-2)18(12-14)29-3)25-26-11-5-8-19(26)30-21(27)24-20-15(22)6-4-7-16(20)23/h4,6-7,9-10,12,19H,5,8,11H2,1-3H3,(H,24,27)/b25-13+. The van der Waals surface area contributed by atoms with Crippen molar-refractivity contribution in [3.05, 3.63) is 52.0 Å². The Bertz CT molecular complexity index is 932. The van der Waals surface area contributed by atoms with Crippen LogP contribution in [0.1, 0.15) is 25.3 Å². The Labute approximate surface area is 185 Å². The number of amides is 1. The number of hydrazone groups is 1. The minimum atomic E-state index is -0.638. The van der Waals surface area contributed by atoms with E-state index in [9.17, 15) is 4.79 Å². The van der Waals surface area contributed by atoms with Crippen LogP contribution in [0.3, 0.4) is 0 Å². The van der Waals surface area contributed by atoms with Gasteiger partial charge in [0.1, 0.15) is 0 Å². The Morgan fingerprint density at radius 3 is 2.50 bits per heavy atom. The molecule has 2 aromatic rings. The van der Waals surface area contributed by atoms with Gasteiger partial charge in [-0.1, -0.05) is 29.3 Å². The molecule has 30 heavy (non-hydrogen) atoms. The molecule has 0 aliphatic carbocycles. The Balaban J connectivity index is 1.70. The average molecular weight is 452 g/mol. The monoisotopic (exact) mass is 451 g/mol. The van der Waals surface area contributed by atoms with Crippen molar-refractivity contribution < 1.29 is 19.0 Å². The number of nitrogens with zero attached hydrogens (tertiary/aromatic N) is 2. The SMILES string of the molecule is COc1ccc(/C(C)=N/N2CCCC2OC(=O)Nc2c(Cl)cccc2Cl)cc1OC. The van der Waals surface area contributed by atoms with Crippen molar-refractivity contribution in [3.8, 4) is 11.5 Å². The van der Waals surface area contributed by atoms with E-state index in [0.717, 1.165) is 17.7 Å². The highest BCUT2D eigenvalue weighted by Gasteiger charge is 2.27. The zero-order valence-electron chi connectivity index (χ0n) is 16.9. The highest BCUT2D eigenvalue weighted by molar-refractivity contribution is 6.39. The summed E-state index contributed by atoms with van der Waals surface area (Å²) in [5, 5.41) is 9.70. The predicted molar refractivity (Wildman–Crippen MR) is 118 cm³/mol. The summed E-state index contributed by atoms with van der Waals surface area (Å²) in [5.74, 6) is 1.26. The predicted octanol–water partition coefficient (Wildman–Crippen LogP) is 5.41. The first kappa shape index (κ1) is 22.1. The number of carbonyl (C=O) groups is 1. The lowest BCUT2D eigenvalue weighted by Gasteiger charge is -2.23. The highest BCUT2D eigenvalue weighted by Crippen LogP contribution is 2.31. The molecule has 1 aliphatic rings. The van der Waals surface area contributed by atoms with Crippen LogP contribution in [0.2, 0.25) is 10.0 Å². The minimum Gasteiger partial charge on any atom is -0.493 e. The molecule has 9 heteroatoms. The molecular formula is C21H23Cl2N3O4. The number of hydrogen-bond acceptors (Lipinski definition) is 6. The zero-order valence-corrected chi connectivity index (χ0v) is 18.5. The van der Waals surface area contributed by atoms with Crippen LogP contribution in [0, 0.1) is 0 Å². The maximum absolute atomic E-state index is 12.4. The second kappa shape index (κ2) is 9.91. The number of ether oxygens (including phenoxy) is 3. The molecule has 2 aromatic carbocycles. The van der Waals surface area contributed by atoms with Gasteiger partial charge in [-0.3, -0.25) is 10.3 Å². The number of rotatable bonds is 6. The van der Waals surface area contributed by atoms with E-state index in [0.29, 0.717) is 40.2 Å². The molecule has 0 spiro atoms. The van der Waals surface area contributed by atoms with Gasteiger partial charge in [0.2, 0.25) is 0 Å². The van der Waals surface area contributed by atoms with E-state index in [4.69, 9.17) is 37.4 Å². The molecular weight excluding hydrogens is 429 g/mol. The highest BCUT2D eigenvalue weighted by atomic mass is 35.5. The number of carbonyl (C=O) groups excluding carboxylic acids is 1. The zero-order chi connectivity index (χ0) is 21.7. The van der Waals surface area contributed by atoms with Gasteiger partial charge < -0.3 is 14.2 Å². The fraction of sp³-hybridized carbons (Fsp3) is 0.333. The molecule has 1 heterocycles. The third-order valence-electron chi connectivity index (χ3n) is 4.68. The molecule has 1 N–H and O–H groups in total. The van der Waals surface area contributed by atoms with E-state index in [1.165, 1.54) is 0 Å². The number of benzene rings is 2. The number of hydrogen-bond donors (Lipinski definition) is 1. The molecule has 1 unspecified atom stereocenters. The van der Waals surface area contributed by atoms with E-state index < -0.39 is 12.3 Å². The Kier molecular flexibility index (Phi) is 7.29. The fourth-order valence-electron chi connectivity index (χ4n) is 3.14. The lowest BCUT2D eigenvalue weighted by molar-refractivity contribution is 0.0222. The van der Waals surface area contributed by atoms with Crippen LogP contribution in [0.25, 0.3) is 0 Å². The number of halogens is 2. The normalized spacial score (nSPS) is 16.4. The van der Waals surface area contributed by atoms with Crippen LogP contribution in [-0.2, 0) is 4.74 Å². The maximum Gasteiger partial charge on any atom is 0.413 e. The lowest BCUT2D eigenvalue weighted by atomic mass is 10.1. The van der Waals surface area contributed by atoms with E-state index in [-0.39, 0.29) is 0 Å². The van der Waals surface area contributed by atoms with Gasteiger partial charge in [0.15, 0.2) is 17.7 Å². The first-order chi connectivity index (χ1) is 14.4. The van der Waals surface area contributed by atoms with Crippen molar-refractivity contribution in [3.63, 3.8) is 0 Å². The third-order valence-corrected chi connectivity index (χ3v) is 5.31. The van der Waals surface area contributed by atoms with Crippen molar-refractivity contribution in [2.24, 2.45) is 5.10 Å². The number of anilines is 1. The molecule has 0 bridgehead atoms. The summed E-state index contributed by atoms with van der Waals surface area (Å²) in [6.45, 7) is 2.57. The Morgan fingerprint density at radius 1 is 1.13 bits per heavy atom. The summed E-state index contributed by atoms with van der Waals surface area (Å²) in [5.41, 5.74) is 1.96. The molecule has 1 atom stereocenters. The molecule has 1 amide bonds. The number of nitrogens with one attached hydrogen (secondary N) is 1. The summed E-state index contributed by atoms with van der Waals surface area (Å²) < 4.78 is 16.2. The molecule has 7 nitrogen and oxygen atoms in total. The van der Waals surface area contributed by atoms with Crippen molar-refractivity contribution in [1.82, 2.24) is 5.01 Å². The van der Waals surface area contributed by atoms with Gasteiger partial charge in [-0.15, -0.1) is 0 Å². The molecule has 0 aromatic heterocycles. The van der Waals surface area contributed by atoms with Crippen LogP contribution in [0.4, 0.5) is 10.5 Å². The molecule has 1 aliphatic heterocycles. The topological polar surface area (TPSA) is 72.4 Å². The quantitative estimate of drug-likeness (QED) is 0.594. The summed E-state index contributed by atoms with van der Waals surface area (Å²) >= 11 is 12.2. The van der Waals surface area contributed by atoms with Crippen LogP contribution in [0.5, 0.6) is 11.5 Å². The van der Waals surface area contributed by atoms with E-state index in [1.807, 2.05) is 25.1 Å². The van der Waals surface area contributed by atoms with Crippen LogP contribution < -0.4 is 14.8 Å². The van der Waals surface area contributed by atoms with Crippen LogP contribution >= 0.6 is 23.2 Å². The van der Waals surface area contributed by atoms with Crippen LogP contribution in [0.15, 0.2) is 41.5 Å². The first-order valence-corrected chi connectivity index (χ1v) is 10.1. The minimum absolute atomic E-state index is 0.320. The van der Waals surface area contributed by atoms with Gasteiger partial charge in [0, 0.05) is 18.5 Å². The van der Waals surface area contributed by atoms with Gasteiger partial charge in [-0.2, -0.15) is 5.10 Å². The molecule has 1 saturated heterocycles. The van der Waals surface area contributed by atoms with Crippen LogP contribution in [-0.4, -0.2) is 43.8 Å². The largest absolute Gasteiger partial charge is 0.493 e. The van der Waals surface area contributed by atoms with Gasteiger partial charge in [0.05, 0.1) is 35.7 Å². The second-order valence-electron chi connectivity index (χ2n) is 6.64. The molecule has 3 rings (SSSR count). The average Bonchev–Trinajstić information content (AvgIpc) is 3.16. The summed E-state index contributed by atoms with van der Waals surface area (Å²) in [7, 11) is 3.17. The molecule has 160 valence electrons. The van der Waals surface area contributed by atoms with Gasteiger partial charge in [0.25, 0.3) is 0 Å². The summed E-state index contributed by atoms with van der Waals surface area (Å²) in [4.78, 5) is 12.4. The third kappa shape index (κ3) is 5.09. The smallest absolute Gasteiger partial charge is 0.413 e. The first-order valence-electron chi connectivity index (χ1n) is 9.38.